The maximum atomic E-state index is 13.0. The van der Waals surface area contributed by atoms with Crippen molar-refractivity contribution in [2.24, 2.45) is 0 Å². The Balaban J connectivity index is 1.68. The molecule has 6 nitrogen and oxygen atoms in total. The van der Waals surface area contributed by atoms with E-state index in [1.54, 1.807) is 0 Å². The van der Waals surface area contributed by atoms with Gasteiger partial charge in [-0.05, 0) is 49.9 Å². The molecule has 0 spiro atoms. The van der Waals surface area contributed by atoms with Crippen molar-refractivity contribution in [1.29, 1.82) is 0 Å². The van der Waals surface area contributed by atoms with Gasteiger partial charge in [0.2, 0.25) is 0 Å². The second kappa shape index (κ2) is 7.11. The lowest BCUT2D eigenvalue weighted by Crippen LogP contribution is -2.28. The van der Waals surface area contributed by atoms with Crippen molar-refractivity contribution in [3.8, 4) is 5.75 Å². The summed E-state index contributed by atoms with van der Waals surface area (Å²) in [6, 6.07) is 7.03. The van der Waals surface area contributed by atoms with Crippen molar-refractivity contribution in [2.45, 2.75) is 32.3 Å². The van der Waals surface area contributed by atoms with Gasteiger partial charge in [0, 0.05) is 17.5 Å². The number of rotatable bonds is 6. The first kappa shape index (κ1) is 17.7. The molecule has 1 amide bonds. The standard InChI is InChI=1S/C19H18FN3O3S/c1-2-21-18(25)16-17(11-3-4-11)27-19-22-13(9-15(24)23(16)19)10-26-14-7-5-12(20)6-8-14/h5-9,11H,2-4,10H2,1H3,(H,21,25). The van der Waals surface area contributed by atoms with Crippen molar-refractivity contribution >= 4 is 22.2 Å². The fraction of sp³-hybridized carbons (Fsp3) is 0.316. The van der Waals surface area contributed by atoms with Crippen LogP contribution < -0.4 is 15.6 Å². The summed E-state index contributed by atoms with van der Waals surface area (Å²) in [6.45, 7) is 2.42. The van der Waals surface area contributed by atoms with Crippen molar-refractivity contribution in [2.75, 3.05) is 6.54 Å². The van der Waals surface area contributed by atoms with Gasteiger partial charge in [0.25, 0.3) is 11.5 Å². The largest absolute Gasteiger partial charge is 0.487 e. The molecule has 3 aromatic rings. The first-order valence-electron chi connectivity index (χ1n) is 8.78. The summed E-state index contributed by atoms with van der Waals surface area (Å²) in [5, 5.41) is 2.78. The Labute approximate surface area is 158 Å². The Kier molecular flexibility index (Phi) is 4.65. The predicted molar refractivity (Wildman–Crippen MR) is 100 cm³/mol. The van der Waals surface area contributed by atoms with Gasteiger partial charge in [0.15, 0.2) is 4.96 Å². The molecule has 0 bridgehead atoms. The highest BCUT2D eigenvalue weighted by molar-refractivity contribution is 7.17. The normalized spacial score (nSPS) is 13.7. The van der Waals surface area contributed by atoms with Crippen LogP contribution in [-0.2, 0) is 6.61 Å². The summed E-state index contributed by atoms with van der Waals surface area (Å²) >= 11 is 1.39. The highest BCUT2D eigenvalue weighted by atomic mass is 32.1. The molecule has 0 atom stereocenters. The van der Waals surface area contributed by atoms with Gasteiger partial charge in [0.05, 0.1) is 5.69 Å². The van der Waals surface area contributed by atoms with E-state index in [2.05, 4.69) is 10.3 Å². The van der Waals surface area contributed by atoms with Gasteiger partial charge < -0.3 is 10.1 Å². The van der Waals surface area contributed by atoms with E-state index in [-0.39, 0.29) is 23.9 Å². The molecule has 2 aromatic heterocycles. The summed E-state index contributed by atoms with van der Waals surface area (Å²) in [6.07, 6.45) is 2.04. The summed E-state index contributed by atoms with van der Waals surface area (Å²) in [7, 11) is 0. The predicted octanol–water partition coefficient (Wildman–Crippen LogP) is 3.10. The molecule has 27 heavy (non-hydrogen) atoms. The number of carbonyl (C=O) groups is 1. The summed E-state index contributed by atoms with van der Waals surface area (Å²) < 4.78 is 19.9. The van der Waals surface area contributed by atoms with Gasteiger partial charge in [-0.2, -0.15) is 0 Å². The van der Waals surface area contributed by atoms with Crippen LogP contribution >= 0.6 is 11.3 Å². The van der Waals surface area contributed by atoms with E-state index in [1.807, 2.05) is 6.92 Å². The topological polar surface area (TPSA) is 72.7 Å². The van der Waals surface area contributed by atoms with Crippen LogP contribution in [0.2, 0.25) is 0 Å². The Morgan fingerprint density at radius 2 is 2.11 bits per heavy atom. The second-order valence-corrected chi connectivity index (χ2v) is 7.40. The third-order valence-corrected chi connectivity index (χ3v) is 5.50. The monoisotopic (exact) mass is 387 g/mol. The molecular formula is C19H18FN3O3S. The average Bonchev–Trinajstić information content (AvgIpc) is 3.41. The lowest BCUT2D eigenvalue weighted by Gasteiger charge is -2.07. The highest BCUT2D eigenvalue weighted by Crippen LogP contribution is 2.45. The Morgan fingerprint density at radius 1 is 1.37 bits per heavy atom. The zero-order chi connectivity index (χ0) is 19.0. The summed E-state index contributed by atoms with van der Waals surface area (Å²) in [4.78, 5) is 31.1. The van der Waals surface area contributed by atoms with E-state index in [0.717, 1.165) is 17.7 Å². The van der Waals surface area contributed by atoms with Gasteiger partial charge >= 0.3 is 0 Å². The number of hydrogen-bond donors (Lipinski definition) is 1. The van der Waals surface area contributed by atoms with E-state index >= 15 is 0 Å². The zero-order valence-electron chi connectivity index (χ0n) is 14.7. The number of ether oxygens (including phenoxy) is 1. The molecule has 1 aromatic carbocycles. The minimum Gasteiger partial charge on any atom is -0.487 e. The zero-order valence-corrected chi connectivity index (χ0v) is 15.5. The van der Waals surface area contributed by atoms with Gasteiger partial charge in [-0.3, -0.25) is 9.59 Å². The van der Waals surface area contributed by atoms with Crippen molar-refractivity contribution < 1.29 is 13.9 Å². The number of aromatic nitrogens is 2. The Bertz CT molecular complexity index is 1050. The first-order chi connectivity index (χ1) is 13.1. The number of nitrogens with zero attached hydrogens (tertiary/aromatic N) is 2. The van der Waals surface area contributed by atoms with Crippen LogP contribution in [0, 0.1) is 5.82 Å². The SMILES string of the molecule is CCNC(=O)c1c(C2CC2)sc2nc(COc3ccc(F)cc3)cc(=O)n12. The van der Waals surface area contributed by atoms with Crippen LogP contribution in [0.5, 0.6) is 5.75 Å². The third-order valence-electron chi connectivity index (χ3n) is 4.30. The van der Waals surface area contributed by atoms with Crippen LogP contribution in [0.15, 0.2) is 35.1 Å². The molecule has 1 aliphatic rings. The molecular weight excluding hydrogens is 369 g/mol. The number of thiazole rings is 1. The molecule has 1 aliphatic carbocycles. The number of fused-ring (bicyclic) bond motifs is 1. The van der Waals surface area contributed by atoms with Crippen molar-refractivity contribution in [1.82, 2.24) is 14.7 Å². The minimum atomic E-state index is -0.343. The molecule has 4 rings (SSSR count). The molecule has 0 aliphatic heterocycles. The van der Waals surface area contributed by atoms with E-state index in [0.29, 0.717) is 34.6 Å². The van der Waals surface area contributed by atoms with Gasteiger partial charge in [-0.1, -0.05) is 0 Å². The number of carbonyl (C=O) groups excluding carboxylic acids is 1. The summed E-state index contributed by atoms with van der Waals surface area (Å²) in [5.74, 6) is 0.230. The Morgan fingerprint density at radius 3 is 2.78 bits per heavy atom. The maximum Gasteiger partial charge on any atom is 0.269 e. The summed E-state index contributed by atoms with van der Waals surface area (Å²) in [5.41, 5.74) is 0.570. The smallest absolute Gasteiger partial charge is 0.269 e. The van der Waals surface area contributed by atoms with Crippen LogP contribution in [0.3, 0.4) is 0 Å². The molecule has 140 valence electrons. The molecule has 1 N–H and O–H groups in total. The van der Waals surface area contributed by atoms with Gasteiger partial charge in [0.1, 0.15) is 23.9 Å². The number of hydrogen-bond acceptors (Lipinski definition) is 5. The fourth-order valence-electron chi connectivity index (χ4n) is 2.88. The highest BCUT2D eigenvalue weighted by Gasteiger charge is 2.33. The quantitative estimate of drug-likeness (QED) is 0.705. The molecule has 1 fully saturated rings. The van der Waals surface area contributed by atoms with Crippen LogP contribution in [-0.4, -0.2) is 21.8 Å². The lowest BCUT2D eigenvalue weighted by molar-refractivity contribution is 0.0949. The van der Waals surface area contributed by atoms with Crippen molar-refractivity contribution in [3.63, 3.8) is 0 Å². The molecule has 0 saturated heterocycles. The molecule has 2 heterocycles. The molecule has 0 unspecified atom stereocenters. The third kappa shape index (κ3) is 3.57. The molecule has 8 heteroatoms. The van der Waals surface area contributed by atoms with Crippen LogP contribution in [0.25, 0.3) is 4.96 Å². The van der Waals surface area contributed by atoms with E-state index < -0.39 is 0 Å². The average molecular weight is 387 g/mol. The number of amides is 1. The first-order valence-corrected chi connectivity index (χ1v) is 9.60. The van der Waals surface area contributed by atoms with E-state index in [9.17, 15) is 14.0 Å². The minimum absolute atomic E-state index is 0.0878. The van der Waals surface area contributed by atoms with E-state index in [4.69, 9.17) is 4.74 Å². The number of nitrogens with one attached hydrogen (secondary N) is 1. The van der Waals surface area contributed by atoms with E-state index in [1.165, 1.54) is 46.1 Å². The van der Waals surface area contributed by atoms with Crippen LogP contribution in [0.1, 0.15) is 46.7 Å². The van der Waals surface area contributed by atoms with Gasteiger partial charge in [-0.15, -0.1) is 11.3 Å². The van der Waals surface area contributed by atoms with Crippen LogP contribution in [0.4, 0.5) is 4.39 Å². The molecule has 1 saturated carbocycles. The number of halogens is 1. The second-order valence-electron chi connectivity index (χ2n) is 6.39. The maximum absolute atomic E-state index is 13.0. The van der Waals surface area contributed by atoms with Crippen molar-refractivity contribution in [3.05, 3.63) is 62.8 Å². The Hall–Kier alpha value is -2.74. The molecule has 0 radical (unpaired) electrons. The van der Waals surface area contributed by atoms with Gasteiger partial charge in [-0.25, -0.2) is 13.8 Å². The fourth-order valence-corrected chi connectivity index (χ4v) is 4.19. The lowest BCUT2D eigenvalue weighted by atomic mass is 10.2. The number of benzene rings is 1.